The molecule has 2 heteroatoms. The van der Waals surface area contributed by atoms with Gasteiger partial charge in [0.1, 0.15) is 12.4 Å². The number of hydrogen-bond donors (Lipinski definition) is 1. The molecule has 2 nitrogen and oxygen atoms in total. The third kappa shape index (κ3) is 2.81. The normalized spacial score (nSPS) is 8.77. The van der Waals surface area contributed by atoms with Gasteiger partial charge in [0.05, 0.1) is 6.61 Å². The van der Waals surface area contributed by atoms with Crippen LogP contribution in [0.5, 0.6) is 5.75 Å². The lowest BCUT2D eigenvalue weighted by atomic mass is 10.2. The summed E-state index contributed by atoms with van der Waals surface area (Å²) in [4.78, 5) is 0. The summed E-state index contributed by atoms with van der Waals surface area (Å²) in [6.45, 7) is 2.13. The van der Waals surface area contributed by atoms with Gasteiger partial charge in [-0.3, -0.25) is 0 Å². The fraction of sp³-hybridized carbons (Fsp3) is 0.273. The van der Waals surface area contributed by atoms with E-state index in [1.165, 1.54) is 0 Å². The zero-order chi connectivity index (χ0) is 9.52. The van der Waals surface area contributed by atoms with Crippen LogP contribution in [0.25, 0.3) is 0 Å². The van der Waals surface area contributed by atoms with E-state index in [0.29, 0.717) is 12.4 Å². The molecule has 0 aromatic heterocycles. The van der Waals surface area contributed by atoms with Crippen molar-refractivity contribution < 1.29 is 9.84 Å². The topological polar surface area (TPSA) is 29.5 Å². The van der Waals surface area contributed by atoms with Crippen molar-refractivity contribution in [1.29, 1.82) is 0 Å². The van der Waals surface area contributed by atoms with E-state index < -0.39 is 0 Å². The summed E-state index contributed by atoms with van der Waals surface area (Å²) >= 11 is 0. The molecular weight excluding hydrogens is 164 g/mol. The van der Waals surface area contributed by atoms with Crippen LogP contribution in [0.15, 0.2) is 24.3 Å². The van der Waals surface area contributed by atoms with Gasteiger partial charge in [-0.05, 0) is 13.0 Å². The molecule has 0 amide bonds. The summed E-state index contributed by atoms with van der Waals surface area (Å²) in [5.41, 5.74) is 0.792. The Bertz CT molecular complexity index is 320. The molecule has 0 fully saturated rings. The molecule has 0 unspecified atom stereocenters. The molecule has 0 aliphatic rings. The van der Waals surface area contributed by atoms with Crippen molar-refractivity contribution in [2.24, 2.45) is 0 Å². The summed E-state index contributed by atoms with van der Waals surface area (Å²) in [7, 11) is 0. The fourth-order valence-electron chi connectivity index (χ4n) is 0.961. The van der Waals surface area contributed by atoms with Crippen molar-refractivity contribution in [3.63, 3.8) is 0 Å². The van der Waals surface area contributed by atoms with E-state index >= 15 is 0 Å². The second-order valence-corrected chi connectivity index (χ2v) is 2.48. The Kier molecular flexibility index (Phi) is 3.87. The SMILES string of the molecule is CC#CCOc1ccccc1CO. The average Bonchev–Trinajstić information content (AvgIpc) is 2.19. The van der Waals surface area contributed by atoms with Gasteiger partial charge < -0.3 is 9.84 Å². The van der Waals surface area contributed by atoms with Gasteiger partial charge in [0.2, 0.25) is 0 Å². The molecule has 0 bridgehead atoms. The second kappa shape index (κ2) is 5.23. The van der Waals surface area contributed by atoms with Crippen molar-refractivity contribution in [1.82, 2.24) is 0 Å². The maximum absolute atomic E-state index is 8.96. The molecule has 0 heterocycles. The first-order chi connectivity index (χ1) is 6.38. The maximum atomic E-state index is 8.96. The van der Waals surface area contributed by atoms with Crippen LogP contribution in [0.2, 0.25) is 0 Å². The van der Waals surface area contributed by atoms with Crippen LogP contribution >= 0.6 is 0 Å². The van der Waals surface area contributed by atoms with Crippen LogP contribution in [0.1, 0.15) is 12.5 Å². The number of para-hydroxylation sites is 1. The standard InChI is InChI=1S/C11H12O2/c1-2-3-8-13-11-7-5-4-6-10(11)9-12/h4-7,12H,8-9H2,1H3. The first-order valence-electron chi connectivity index (χ1n) is 4.09. The molecule has 1 aromatic carbocycles. The van der Waals surface area contributed by atoms with Crippen molar-refractivity contribution in [3.8, 4) is 17.6 Å². The molecule has 0 saturated carbocycles. The zero-order valence-electron chi connectivity index (χ0n) is 7.58. The van der Waals surface area contributed by atoms with E-state index in [2.05, 4.69) is 11.8 Å². The lowest BCUT2D eigenvalue weighted by Gasteiger charge is -2.06. The van der Waals surface area contributed by atoms with E-state index in [0.717, 1.165) is 5.56 Å². The Hall–Kier alpha value is -1.46. The minimum absolute atomic E-state index is 0.00424. The number of benzene rings is 1. The van der Waals surface area contributed by atoms with Gasteiger partial charge in [-0.1, -0.05) is 24.1 Å². The minimum atomic E-state index is -0.00424. The van der Waals surface area contributed by atoms with Crippen LogP contribution in [-0.4, -0.2) is 11.7 Å². The molecule has 0 aliphatic carbocycles. The summed E-state index contributed by atoms with van der Waals surface area (Å²) in [5, 5.41) is 8.96. The van der Waals surface area contributed by atoms with Crippen LogP contribution in [0.4, 0.5) is 0 Å². The highest BCUT2D eigenvalue weighted by Crippen LogP contribution is 2.16. The lowest BCUT2D eigenvalue weighted by Crippen LogP contribution is -1.97. The summed E-state index contributed by atoms with van der Waals surface area (Å²) < 4.78 is 5.33. The molecule has 1 aromatic rings. The number of aliphatic hydroxyl groups excluding tert-OH is 1. The molecule has 0 radical (unpaired) electrons. The minimum Gasteiger partial charge on any atom is -0.481 e. The van der Waals surface area contributed by atoms with Gasteiger partial charge in [-0.15, -0.1) is 5.92 Å². The zero-order valence-corrected chi connectivity index (χ0v) is 7.58. The lowest BCUT2D eigenvalue weighted by molar-refractivity contribution is 0.270. The second-order valence-electron chi connectivity index (χ2n) is 2.48. The Morgan fingerprint density at radius 1 is 1.38 bits per heavy atom. The van der Waals surface area contributed by atoms with Crippen LogP contribution < -0.4 is 4.74 Å². The first-order valence-corrected chi connectivity index (χ1v) is 4.09. The molecule has 0 aliphatic heterocycles. The van der Waals surface area contributed by atoms with Crippen molar-refractivity contribution in [3.05, 3.63) is 29.8 Å². The Morgan fingerprint density at radius 3 is 2.85 bits per heavy atom. The smallest absolute Gasteiger partial charge is 0.149 e. The highest BCUT2D eigenvalue weighted by atomic mass is 16.5. The Labute approximate surface area is 78.2 Å². The molecule has 68 valence electrons. The number of hydrogen-bond acceptors (Lipinski definition) is 2. The summed E-state index contributed by atoms with van der Waals surface area (Å²) in [6, 6.07) is 7.38. The predicted octanol–water partition coefficient (Wildman–Crippen LogP) is 1.58. The van der Waals surface area contributed by atoms with E-state index in [9.17, 15) is 0 Å². The van der Waals surface area contributed by atoms with Crippen LogP contribution in [-0.2, 0) is 6.61 Å². The third-order valence-electron chi connectivity index (χ3n) is 1.62. The van der Waals surface area contributed by atoms with Crippen molar-refractivity contribution in [2.45, 2.75) is 13.5 Å². The van der Waals surface area contributed by atoms with E-state index in [1.54, 1.807) is 6.92 Å². The first kappa shape index (κ1) is 9.63. The van der Waals surface area contributed by atoms with Gasteiger partial charge in [-0.2, -0.15) is 0 Å². The van der Waals surface area contributed by atoms with Gasteiger partial charge in [0, 0.05) is 5.56 Å². The molecule has 1 N–H and O–H groups in total. The largest absolute Gasteiger partial charge is 0.481 e. The van der Waals surface area contributed by atoms with Crippen LogP contribution in [0, 0.1) is 11.8 Å². The number of aliphatic hydroxyl groups is 1. The van der Waals surface area contributed by atoms with Crippen molar-refractivity contribution >= 4 is 0 Å². The molecule has 0 saturated heterocycles. The predicted molar refractivity (Wildman–Crippen MR) is 51.3 cm³/mol. The highest BCUT2D eigenvalue weighted by molar-refractivity contribution is 5.32. The Balaban J connectivity index is 2.67. The highest BCUT2D eigenvalue weighted by Gasteiger charge is 1.98. The molecule has 13 heavy (non-hydrogen) atoms. The van der Waals surface area contributed by atoms with Gasteiger partial charge in [0.25, 0.3) is 0 Å². The quantitative estimate of drug-likeness (QED) is 0.708. The third-order valence-corrected chi connectivity index (χ3v) is 1.62. The molecule has 0 spiro atoms. The summed E-state index contributed by atoms with van der Waals surface area (Å²) in [6.07, 6.45) is 0. The van der Waals surface area contributed by atoms with E-state index in [4.69, 9.17) is 9.84 Å². The van der Waals surface area contributed by atoms with Crippen LogP contribution in [0.3, 0.4) is 0 Å². The van der Waals surface area contributed by atoms with E-state index in [1.807, 2.05) is 24.3 Å². The monoisotopic (exact) mass is 176 g/mol. The average molecular weight is 176 g/mol. The van der Waals surface area contributed by atoms with Gasteiger partial charge >= 0.3 is 0 Å². The maximum Gasteiger partial charge on any atom is 0.149 e. The molecule has 0 atom stereocenters. The van der Waals surface area contributed by atoms with Gasteiger partial charge in [0.15, 0.2) is 0 Å². The number of rotatable bonds is 3. The molecular formula is C11H12O2. The summed E-state index contributed by atoms with van der Waals surface area (Å²) in [5.74, 6) is 6.23. The Morgan fingerprint density at radius 2 is 2.15 bits per heavy atom. The fourth-order valence-corrected chi connectivity index (χ4v) is 0.961. The van der Waals surface area contributed by atoms with E-state index in [-0.39, 0.29) is 6.61 Å². The van der Waals surface area contributed by atoms with Crippen molar-refractivity contribution in [2.75, 3.05) is 6.61 Å². The molecule has 1 rings (SSSR count). The van der Waals surface area contributed by atoms with Gasteiger partial charge in [-0.25, -0.2) is 0 Å². The number of ether oxygens (including phenoxy) is 1.